The summed E-state index contributed by atoms with van der Waals surface area (Å²) in [6, 6.07) is 9.17. The van der Waals surface area contributed by atoms with E-state index in [-0.39, 0.29) is 17.0 Å². The van der Waals surface area contributed by atoms with Crippen molar-refractivity contribution in [3.8, 4) is 10.4 Å². The SMILES string of the molecule is CC(=O)Nc1scc(-c2cccs2)c1C(=O)OCC(=O)c1ccccc1F. The molecule has 5 nitrogen and oxygen atoms in total. The Bertz CT molecular complexity index is 995. The molecule has 3 rings (SSSR count). The summed E-state index contributed by atoms with van der Waals surface area (Å²) < 4.78 is 18.8. The molecule has 0 unspecified atom stereocenters. The van der Waals surface area contributed by atoms with E-state index in [1.807, 2.05) is 17.5 Å². The van der Waals surface area contributed by atoms with Gasteiger partial charge < -0.3 is 10.1 Å². The fourth-order valence-corrected chi connectivity index (χ4v) is 4.21. The molecule has 0 aliphatic heterocycles. The van der Waals surface area contributed by atoms with Gasteiger partial charge >= 0.3 is 5.97 Å². The normalized spacial score (nSPS) is 10.4. The minimum absolute atomic E-state index is 0.142. The average Bonchev–Trinajstić information content (AvgIpc) is 3.29. The molecule has 1 N–H and O–H groups in total. The second-order valence-corrected chi connectivity index (χ2v) is 7.32. The summed E-state index contributed by atoms with van der Waals surface area (Å²) in [5.41, 5.74) is 0.650. The van der Waals surface area contributed by atoms with Crippen LogP contribution >= 0.6 is 22.7 Å². The number of amides is 1. The molecule has 27 heavy (non-hydrogen) atoms. The molecule has 0 saturated heterocycles. The number of thiophene rings is 2. The fraction of sp³-hybridized carbons (Fsp3) is 0.105. The molecule has 0 aliphatic carbocycles. The van der Waals surface area contributed by atoms with E-state index in [0.29, 0.717) is 10.6 Å². The lowest BCUT2D eigenvalue weighted by atomic mass is 10.1. The molecule has 0 fully saturated rings. The molecule has 0 bridgehead atoms. The van der Waals surface area contributed by atoms with Crippen LogP contribution in [0.4, 0.5) is 9.39 Å². The number of carbonyl (C=O) groups is 3. The van der Waals surface area contributed by atoms with Crippen molar-refractivity contribution in [1.82, 2.24) is 0 Å². The summed E-state index contributed by atoms with van der Waals surface area (Å²) in [5.74, 6) is -2.40. The van der Waals surface area contributed by atoms with E-state index < -0.39 is 24.2 Å². The van der Waals surface area contributed by atoms with E-state index in [0.717, 1.165) is 10.9 Å². The molecule has 3 aromatic rings. The molecule has 8 heteroatoms. The Hall–Kier alpha value is -2.84. The Morgan fingerprint density at radius 2 is 1.89 bits per heavy atom. The first-order valence-electron chi connectivity index (χ1n) is 7.85. The number of rotatable bonds is 6. The lowest BCUT2D eigenvalue weighted by Crippen LogP contribution is -2.17. The molecule has 1 amide bonds. The van der Waals surface area contributed by atoms with Crippen molar-refractivity contribution in [2.75, 3.05) is 11.9 Å². The predicted octanol–water partition coefficient (Wildman–Crippen LogP) is 4.61. The van der Waals surface area contributed by atoms with Crippen LogP contribution in [0.1, 0.15) is 27.6 Å². The molecule has 0 saturated carbocycles. The van der Waals surface area contributed by atoms with E-state index >= 15 is 0 Å². The Balaban J connectivity index is 1.83. The minimum atomic E-state index is -0.756. The van der Waals surface area contributed by atoms with Crippen LogP contribution in [0.15, 0.2) is 47.2 Å². The monoisotopic (exact) mass is 403 g/mol. The fourth-order valence-electron chi connectivity index (χ4n) is 2.39. The van der Waals surface area contributed by atoms with Gasteiger partial charge in [-0.3, -0.25) is 9.59 Å². The average molecular weight is 403 g/mol. The van der Waals surface area contributed by atoms with E-state index in [4.69, 9.17) is 4.74 Å². The molecular weight excluding hydrogens is 389 g/mol. The Kier molecular flexibility index (Phi) is 5.78. The summed E-state index contributed by atoms with van der Waals surface area (Å²) >= 11 is 2.63. The molecule has 0 aliphatic rings. The summed E-state index contributed by atoms with van der Waals surface area (Å²) in [6.07, 6.45) is 0. The van der Waals surface area contributed by atoms with Gasteiger partial charge in [-0.25, -0.2) is 9.18 Å². The maximum atomic E-state index is 13.7. The first kappa shape index (κ1) is 18.9. The summed E-state index contributed by atoms with van der Waals surface area (Å²) in [4.78, 5) is 37.0. The van der Waals surface area contributed by atoms with Crippen LogP contribution in [-0.2, 0) is 9.53 Å². The molecule has 2 heterocycles. The zero-order chi connectivity index (χ0) is 19.4. The van der Waals surface area contributed by atoms with Crippen LogP contribution in [0.25, 0.3) is 10.4 Å². The van der Waals surface area contributed by atoms with Crippen molar-refractivity contribution < 1.29 is 23.5 Å². The van der Waals surface area contributed by atoms with Crippen molar-refractivity contribution in [1.29, 1.82) is 0 Å². The summed E-state index contributed by atoms with van der Waals surface area (Å²) in [6.45, 7) is 0.736. The van der Waals surface area contributed by atoms with Crippen molar-refractivity contribution in [2.45, 2.75) is 6.92 Å². The van der Waals surface area contributed by atoms with Gasteiger partial charge in [0, 0.05) is 22.7 Å². The number of carbonyl (C=O) groups excluding carboxylic acids is 3. The Labute approximate surface area is 162 Å². The van der Waals surface area contributed by atoms with Gasteiger partial charge in [0.1, 0.15) is 16.4 Å². The van der Waals surface area contributed by atoms with E-state index in [2.05, 4.69) is 5.32 Å². The summed E-state index contributed by atoms with van der Waals surface area (Å²) in [7, 11) is 0. The molecule has 138 valence electrons. The lowest BCUT2D eigenvalue weighted by molar-refractivity contribution is -0.114. The Morgan fingerprint density at radius 1 is 1.11 bits per heavy atom. The largest absolute Gasteiger partial charge is 0.454 e. The van der Waals surface area contributed by atoms with E-state index in [1.165, 1.54) is 47.8 Å². The van der Waals surface area contributed by atoms with Crippen molar-refractivity contribution in [2.24, 2.45) is 0 Å². The molecule has 1 aromatic carbocycles. The zero-order valence-electron chi connectivity index (χ0n) is 14.2. The van der Waals surface area contributed by atoms with Gasteiger partial charge in [0.25, 0.3) is 0 Å². The number of hydrogen-bond acceptors (Lipinski definition) is 6. The first-order chi connectivity index (χ1) is 13.0. The van der Waals surface area contributed by atoms with Crippen LogP contribution in [0, 0.1) is 5.82 Å². The number of halogens is 1. The second-order valence-electron chi connectivity index (χ2n) is 5.49. The van der Waals surface area contributed by atoms with Crippen LogP contribution in [-0.4, -0.2) is 24.3 Å². The van der Waals surface area contributed by atoms with Crippen LogP contribution < -0.4 is 5.32 Å². The number of ether oxygens (including phenoxy) is 1. The first-order valence-corrected chi connectivity index (χ1v) is 9.61. The third-order valence-electron chi connectivity index (χ3n) is 3.58. The zero-order valence-corrected chi connectivity index (χ0v) is 15.8. The van der Waals surface area contributed by atoms with Gasteiger partial charge in [0.2, 0.25) is 11.7 Å². The molecule has 0 atom stereocenters. The van der Waals surface area contributed by atoms with Gasteiger partial charge in [-0.2, -0.15) is 0 Å². The Morgan fingerprint density at radius 3 is 2.56 bits per heavy atom. The third kappa shape index (κ3) is 4.29. The molecule has 0 radical (unpaired) electrons. The van der Waals surface area contributed by atoms with Crippen LogP contribution in [0.3, 0.4) is 0 Å². The highest BCUT2D eigenvalue weighted by atomic mass is 32.1. The second kappa shape index (κ2) is 8.24. The highest BCUT2D eigenvalue weighted by Gasteiger charge is 2.24. The van der Waals surface area contributed by atoms with Gasteiger partial charge in [0.05, 0.1) is 5.56 Å². The number of benzene rings is 1. The van der Waals surface area contributed by atoms with E-state index in [9.17, 15) is 18.8 Å². The number of hydrogen-bond donors (Lipinski definition) is 1. The highest BCUT2D eigenvalue weighted by Crippen LogP contribution is 2.38. The maximum Gasteiger partial charge on any atom is 0.342 e. The quantitative estimate of drug-likeness (QED) is 0.482. The number of Topliss-reactive ketones (excluding diaryl/α,β-unsaturated/α-hetero) is 1. The third-order valence-corrected chi connectivity index (χ3v) is 5.38. The smallest absolute Gasteiger partial charge is 0.342 e. The van der Waals surface area contributed by atoms with Gasteiger partial charge in [0.15, 0.2) is 6.61 Å². The number of ketones is 1. The maximum absolute atomic E-state index is 13.7. The van der Waals surface area contributed by atoms with Gasteiger partial charge in [-0.1, -0.05) is 18.2 Å². The number of anilines is 1. The minimum Gasteiger partial charge on any atom is -0.454 e. The number of nitrogens with one attached hydrogen (secondary N) is 1. The molecule has 2 aromatic heterocycles. The van der Waals surface area contributed by atoms with Crippen LogP contribution in [0.5, 0.6) is 0 Å². The van der Waals surface area contributed by atoms with Crippen LogP contribution in [0.2, 0.25) is 0 Å². The predicted molar refractivity (Wildman–Crippen MR) is 103 cm³/mol. The van der Waals surface area contributed by atoms with Gasteiger partial charge in [-0.15, -0.1) is 22.7 Å². The van der Waals surface area contributed by atoms with Crippen molar-refractivity contribution in [3.05, 3.63) is 64.1 Å². The van der Waals surface area contributed by atoms with Crippen molar-refractivity contribution in [3.63, 3.8) is 0 Å². The van der Waals surface area contributed by atoms with E-state index in [1.54, 1.807) is 5.38 Å². The standard InChI is InChI=1S/C19H14FNO4S2/c1-11(22)21-18-17(13(10-27-18)16-7-4-8-26-16)19(24)25-9-15(23)12-5-2-3-6-14(12)20/h2-8,10H,9H2,1H3,(H,21,22). The topological polar surface area (TPSA) is 72.5 Å². The summed E-state index contributed by atoms with van der Waals surface area (Å²) in [5, 5.41) is 6.55. The lowest BCUT2D eigenvalue weighted by Gasteiger charge is -2.08. The van der Waals surface area contributed by atoms with Crippen molar-refractivity contribution >= 4 is 45.3 Å². The molecular formula is C19H14FNO4S2. The molecule has 0 spiro atoms. The van der Waals surface area contributed by atoms with Gasteiger partial charge in [-0.05, 0) is 23.6 Å². The highest BCUT2D eigenvalue weighted by molar-refractivity contribution is 7.17. The number of esters is 1.